The van der Waals surface area contributed by atoms with Gasteiger partial charge in [0.05, 0.1) is 19.2 Å². The van der Waals surface area contributed by atoms with Crippen LogP contribution in [-0.4, -0.2) is 45.9 Å². The molecule has 1 unspecified atom stereocenters. The number of carbonyl (C=O) groups excluding carboxylic acids is 1. The number of phenolic OH excluding ortho intramolecular Hbond substituents is 1. The average molecular weight is 380 g/mol. The van der Waals surface area contributed by atoms with Gasteiger partial charge in [0.25, 0.3) is 11.6 Å². The fraction of sp³-hybridized carbons (Fsp3) is 0.222. The summed E-state index contributed by atoms with van der Waals surface area (Å²) in [7, 11) is 1.44. The van der Waals surface area contributed by atoms with Crippen molar-refractivity contribution in [3.05, 3.63) is 59.7 Å². The molecule has 1 heterocycles. The molecule has 0 saturated carbocycles. The molecule has 1 aliphatic heterocycles. The molecule has 2 N–H and O–H groups in total. The highest BCUT2D eigenvalue weighted by Crippen LogP contribution is 2.42. The molecule has 3 rings (SSSR count). The van der Waals surface area contributed by atoms with Crippen LogP contribution in [0.5, 0.6) is 11.5 Å². The van der Waals surface area contributed by atoms with Gasteiger partial charge in [0.1, 0.15) is 11.5 Å². The monoisotopic (exact) mass is 380 g/mol. The van der Waals surface area contributed by atoms with Gasteiger partial charge < -0.3 is 14.9 Å². The van der Waals surface area contributed by atoms with Gasteiger partial charge in [0, 0.05) is 5.56 Å². The summed E-state index contributed by atoms with van der Waals surface area (Å²) < 4.78 is 45.7. The van der Waals surface area contributed by atoms with E-state index in [9.17, 15) is 28.2 Å². The summed E-state index contributed by atoms with van der Waals surface area (Å²) in [5, 5.41) is 23.5. The number of hydrazone groups is 1. The van der Waals surface area contributed by atoms with E-state index in [0.717, 1.165) is 6.07 Å². The normalized spacial score (nSPS) is 19.7. The molecule has 0 aliphatic carbocycles. The van der Waals surface area contributed by atoms with Crippen molar-refractivity contribution in [2.75, 3.05) is 7.11 Å². The maximum atomic E-state index is 13.6. The van der Waals surface area contributed by atoms with Gasteiger partial charge in [-0.25, -0.2) is 0 Å². The second-order valence-electron chi connectivity index (χ2n) is 5.93. The molecule has 2 aromatic rings. The van der Waals surface area contributed by atoms with Crippen molar-refractivity contribution in [1.82, 2.24) is 5.01 Å². The van der Waals surface area contributed by atoms with E-state index in [4.69, 9.17) is 4.74 Å². The molecule has 0 aromatic heterocycles. The predicted octanol–water partition coefficient (Wildman–Crippen LogP) is 2.90. The number of hydrogen-bond acceptors (Lipinski definition) is 5. The first kappa shape index (κ1) is 18.7. The summed E-state index contributed by atoms with van der Waals surface area (Å²) in [6.07, 6.45) is -6.06. The Morgan fingerprint density at radius 3 is 2.44 bits per heavy atom. The Bertz CT molecular complexity index is 896. The average Bonchev–Trinajstić information content (AvgIpc) is 3.00. The minimum Gasteiger partial charge on any atom is -0.508 e. The number of aromatic hydroxyl groups is 1. The van der Waals surface area contributed by atoms with Gasteiger partial charge in [-0.15, -0.1) is 0 Å². The lowest BCUT2D eigenvalue weighted by atomic mass is 10.0. The number of alkyl halides is 3. The zero-order valence-electron chi connectivity index (χ0n) is 14.1. The Morgan fingerprint density at radius 2 is 1.89 bits per heavy atom. The second kappa shape index (κ2) is 6.58. The van der Waals surface area contributed by atoms with Gasteiger partial charge in [-0.3, -0.25) is 4.79 Å². The smallest absolute Gasteiger partial charge is 0.438 e. The third kappa shape index (κ3) is 3.33. The maximum absolute atomic E-state index is 13.6. The first-order valence-corrected chi connectivity index (χ1v) is 7.80. The number of nitrogens with zero attached hydrogens (tertiary/aromatic N) is 2. The SMILES string of the molecule is COc1ccc(C2=NN(C(=O)c3cccc(O)c3)C(O)(C(F)(F)F)C2)cc1. The van der Waals surface area contributed by atoms with Crippen LogP contribution >= 0.6 is 0 Å². The number of amides is 1. The summed E-state index contributed by atoms with van der Waals surface area (Å²) in [5.41, 5.74) is -3.53. The lowest BCUT2D eigenvalue weighted by Crippen LogP contribution is -2.56. The Morgan fingerprint density at radius 1 is 1.22 bits per heavy atom. The van der Waals surface area contributed by atoms with E-state index < -0.39 is 24.2 Å². The molecule has 142 valence electrons. The number of halogens is 3. The molecule has 2 aromatic carbocycles. The highest BCUT2D eigenvalue weighted by Gasteiger charge is 2.63. The lowest BCUT2D eigenvalue weighted by Gasteiger charge is -2.32. The molecule has 1 amide bonds. The van der Waals surface area contributed by atoms with Crippen LogP contribution in [0.2, 0.25) is 0 Å². The van der Waals surface area contributed by atoms with Crippen molar-refractivity contribution in [3.63, 3.8) is 0 Å². The van der Waals surface area contributed by atoms with E-state index in [0.29, 0.717) is 11.3 Å². The molecule has 0 saturated heterocycles. The molecular formula is C18H15F3N2O4. The Labute approximate surface area is 152 Å². The number of carbonyl (C=O) groups is 1. The van der Waals surface area contributed by atoms with Gasteiger partial charge in [-0.2, -0.15) is 23.3 Å². The second-order valence-corrected chi connectivity index (χ2v) is 5.93. The fourth-order valence-electron chi connectivity index (χ4n) is 2.69. The van der Waals surface area contributed by atoms with Crippen LogP contribution in [0.4, 0.5) is 13.2 Å². The quantitative estimate of drug-likeness (QED) is 0.858. The molecule has 9 heteroatoms. The molecule has 0 fully saturated rings. The van der Waals surface area contributed by atoms with Crippen LogP contribution in [0, 0.1) is 0 Å². The number of rotatable bonds is 3. The molecule has 6 nitrogen and oxygen atoms in total. The third-order valence-corrected chi connectivity index (χ3v) is 4.15. The van der Waals surface area contributed by atoms with Crippen molar-refractivity contribution < 1.29 is 32.9 Å². The van der Waals surface area contributed by atoms with Gasteiger partial charge in [0.15, 0.2) is 0 Å². The van der Waals surface area contributed by atoms with Crippen LogP contribution in [0.3, 0.4) is 0 Å². The van der Waals surface area contributed by atoms with E-state index in [2.05, 4.69) is 5.10 Å². The predicted molar refractivity (Wildman–Crippen MR) is 89.4 cm³/mol. The molecule has 0 spiro atoms. The molecule has 0 radical (unpaired) electrons. The highest BCUT2D eigenvalue weighted by atomic mass is 19.4. The first-order valence-electron chi connectivity index (χ1n) is 7.80. The third-order valence-electron chi connectivity index (χ3n) is 4.15. The van der Waals surface area contributed by atoms with E-state index in [1.54, 1.807) is 0 Å². The number of phenols is 1. The van der Waals surface area contributed by atoms with Crippen LogP contribution in [0.1, 0.15) is 22.3 Å². The lowest BCUT2D eigenvalue weighted by molar-refractivity contribution is -0.297. The maximum Gasteiger partial charge on any atom is 0.438 e. The van der Waals surface area contributed by atoms with E-state index in [1.165, 1.54) is 49.6 Å². The molecular weight excluding hydrogens is 365 g/mol. The zero-order valence-corrected chi connectivity index (χ0v) is 14.1. The van der Waals surface area contributed by atoms with Gasteiger partial charge in [-0.05, 0) is 48.0 Å². The molecule has 1 atom stereocenters. The number of aliphatic hydroxyl groups is 1. The summed E-state index contributed by atoms with van der Waals surface area (Å²) >= 11 is 0. The topological polar surface area (TPSA) is 82.4 Å². The van der Waals surface area contributed by atoms with E-state index >= 15 is 0 Å². The van der Waals surface area contributed by atoms with Crippen LogP contribution in [-0.2, 0) is 0 Å². The van der Waals surface area contributed by atoms with E-state index in [-0.39, 0.29) is 22.0 Å². The van der Waals surface area contributed by atoms with Crippen molar-refractivity contribution >= 4 is 11.6 Å². The standard InChI is InChI=1S/C18H15F3N2O4/c1-27-14-7-5-11(6-8-14)15-10-17(26,18(19,20)21)23(22-15)16(25)12-3-2-4-13(24)9-12/h2-9,24,26H,10H2,1H3. The van der Waals surface area contributed by atoms with Gasteiger partial charge in [0.2, 0.25) is 0 Å². The summed E-state index contributed by atoms with van der Waals surface area (Å²) in [6, 6.07) is 10.8. The number of ether oxygens (including phenoxy) is 1. The summed E-state index contributed by atoms with van der Waals surface area (Å²) in [6.45, 7) is 0. The van der Waals surface area contributed by atoms with Crippen molar-refractivity contribution in [2.45, 2.75) is 18.3 Å². The number of benzene rings is 2. The van der Waals surface area contributed by atoms with Crippen molar-refractivity contribution in [2.24, 2.45) is 5.10 Å². The Balaban J connectivity index is 2.03. The first-order chi connectivity index (χ1) is 12.7. The minimum absolute atomic E-state index is 0.0152. The van der Waals surface area contributed by atoms with Gasteiger partial charge >= 0.3 is 6.18 Å². The summed E-state index contributed by atoms with van der Waals surface area (Å²) in [4.78, 5) is 12.6. The van der Waals surface area contributed by atoms with Crippen molar-refractivity contribution in [1.29, 1.82) is 0 Å². The molecule has 27 heavy (non-hydrogen) atoms. The summed E-state index contributed by atoms with van der Waals surface area (Å²) in [5.74, 6) is -0.986. The van der Waals surface area contributed by atoms with E-state index in [1.807, 2.05) is 0 Å². The van der Waals surface area contributed by atoms with Crippen LogP contribution < -0.4 is 4.74 Å². The molecule has 0 bridgehead atoms. The molecule has 1 aliphatic rings. The Kier molecular flexibility index (Phi) is 4.56. The largest absolute Gasteiger partial charge is 0.508 e. The van der Waals surface area contributed by atoms with Crippen molar-refractivity contribution in [3.8, 4) is 11.5 Å². The van der Waals surface area contributed by atoms with Crippen LogP contribution in [0.15, 0.2) is 53.6 Å². The zero-order chi connectivity index (χ0) is 19.8. The number of hydrogen-bond donors (Lipinski definition) is 2. The minimum atomic E-state index is -5.14. The van der Waals surface area contributed by atoms with Gasteiger partial charge in [-0.1, -0.05) is 6.07 Å². The highest BCUT2D eigenvalue weighted by molar-refractivity contribution is 6.05. The number of methoxy groups -OCH3 is 1. The van der Waals surface area contributed by atoms with Crippen LogP contribution in [0.25, 0.3) is 0 Å². The fourth-order valence-corrected chi connectivity index (χ4v) is 2.69. The Hall–Kier alpha value is -3.07.